The average Bonchev–Trinajstić information content (AvgIpc) is 2.98. The van der Waals surface area contributed by atoms with Crippen molar-refractivity contribution in [1.29, 1.82) is 0 Å². The second-order valence-electron chi connectivity index (χ2n) is 7.63. The van der Waals surface area contributed by atoms with Gasteiger partial charge < -0.3 is 4.90 Å². The van der Waals surface area contributed by atoms with Gasteiger partial charge in [-0.1, -0.05) is 5.21 Å². The van der Waals surface area contributed by atoms with E-state index in [2.05, 4.69) is 10.3 Å². The van der Waals surface area contributed by atoms with Crippen molar-refractivity contribution in [3.05, 3.63) is 11.9 Å². The van der Waals surface area contributed by atoms with E-state index in [1.165, 1.54) is 4.31 Å². The Labute approximate surface area is 140 Å². The van der Waals surface area contributed by atoms with Crippen LogP contribution in [0.15, 0.2) is 6.20 Å². The Balaban J connectivity index is 1.42. The van der Waals surface area contributed by atoms with Crippen molar-refractivity contribution in [2.75, 3.05) is 25.4 Å². The summed E-state index contributed by atoms with van der Waals surface area (Å²) in [6, 6.07) is 0.412. The highest BCUT2D eigenvalue weighted by atomic mass is 32.2. The summed E-state index contributed by atoms with van der Waals surface area (Å²) in [6.45, 7) is 1.51. The van der Waals surface area contributed by atoms with Crippen LogP contribution >= 0.6 is 0 Å². The normalized spacial score (nSPS) is 37.2. The Hall–Kier alpha value is -1.48. The van der Waals surface area contributed by atoms with Crippen molar-refractivity contribution >= 4 is 15.9 Å². The molecule has 9 heteroatoms. The molecular weight excluding hydrogens is 330 g/mol. The van der Waals surface area contributed by atoms with E-state index in [1.54, 1.807) is 0 Å². The molecule has 1 aliphatic carbocycles. The van der Waals surface area contributed by atoms with Gasteiger partial charge in [-0.25, -0.2) is 17.4 Å². The number of fused-ring (bicyclic) bond motifs is 2. The van der Waals surface area contributed by atoms with Gasteiger partial charge in [0, 0.05) is 19.6 Å². The van der Waals surface area contributed by atoms with Crippen LogP contribution in [0.1, 0.15) is 49.9 Å². The topological polar surface area (TPSA) is 88.4 Å². The fraction of sp³-hybridized carbons (Fsp3) is 0.800. The van der Waals surface area contributed by atoms with Crippen LogP contribution in [0.2, 0.25) is 0 Å². The minimum atomic E-state index is -3.25. The first kappa shape index (κ1) is 14.8. The molecule has 4 fully saturated rings. The summed E-state index contributed by atoms with van der Waals surface area (Å²) in [4.78, 5) is 15.1. The van der Waals surface area contributed by atoms with Crippen LogP contribution in [0.25, 0.3) is 0 Å². The molecule has 1 aromatic rings. The van der Waals surface area contributed by atoms with Crippen molar-refractivity contribution in [2.24, 2.45) is 5.41 Å². The van der Waals surface area contributed by atoms with Crippen LogP contribution in [0, 0.1) is 5.41 Å². The molecule has 1 amide bonds. The SMILES string of the molecule is O=C(N1CCCC1c1cn(C2CC2)nn1)C12CCN(C1)S(=O)(=O)C2. The molecule has 3 saturated heterocycles. The maximum absolute atomic E-state index is 13.2. The molecule has 3 aliphatic heterocycles. The van der Waals surface area contributed by atoms with Crippen LogP contribution < -0.4 is 0 Å². The summed E-state index contributed by atoms with van der Waals surface area (Å²) >= 11 is 0. The van der Waals surface area contributed by atoms with E-state index in [-0.39, 0.29) is 17.7 Å². The fourth-order valence-electron chi connectivity index (χ4n) is 4.45. The number of rotatable bonds is 3. The standard InChI is InChI=1S/C15H21N5O3S/c21-14(15-5-7-18(9-15)24(22,23)10-15)19-6-1-2-13(19)12-8-20(17-16-12)11-3-4-11/h8,11,13H,1-7,9-10H2. The number of carbonyl (C=O) groups is 1. The fourth-order valence-corrected chi connectivity index (χ4v) is 6.50. The lowest BCUT2D eigenvalue weighted by atomic mass is 9.87. The predicted octanol–water partition coefficient (Wildman–Crippen LogP) is 0.312. The Morgan fingerprint density at radius 1 is 1.25 bits per heavy atom. The third kappa shape index (κ3) is 2.07. The highest BCUT2D eigenvalue weighted by Gasteiger charge is 2.59. The molecule has 130 valence electrons. The summed E-state index contributed by atoms with van der Waals surface area (Å²) in [5, 5.41) is 8.50. The second-order valence-corrected chi connectivity index (χ2v) is 9.60. The van der Waals surface area contributed by atoms with Gasteiger partial charge in [0.25, 0.3) is 0 Å². The minimum Gasteiger partial charge on any atom is -0.333 e. The van der Waals surface area contributed by atoms with Gasteiger partial charge in [-0.05, 0) is 32.1 Å². The molecule has 0 radical (unpaired) electrons. The number of hydrogen-bond acceptors (Lipinski definition) is 5. The van der Waals surface area contributed by atoms with Crippen LogP contribution in [0.5, 0.6) is 0 Å². The zero-order chi connectivity index (χ0) is 16.5. The first-order valence-electron chi connectivity index (χ1n) is 8.69. The molecular formula is C15H21N5O3S. The van der Waals surface area contributed by atoms with Gasteiger partial charge in [0.1, 0.15) is 5.69 Å². The first-order valence-corrected chi connectivity index (χ1v) is 10.3. The Bertz CT molecular complexity index is 802. The maximum Gasteiger partial charge on any atom is 0.231 e. The molecule has 0 spiro atoms. The Morgan fingerprint density at radius 3 is 2.75 bits per heavy atom. The quantitative estimate of drug-likeness (QED) is 0.782. The van der Waals surface area contributed by atoms with E-state index >= 15 is 0 Å². The largest absolute Gasteiger partial charge is 0.333 e. The van der Waals surface area contributed by atoms with Crippen molar-refractivity contribution in [3.63, 3.8) is 0 Å². The molecule has 4 aliphatic rings. The van der Waals surface area contributed by atoms with E-state index in [9.17, 15) is 13.2 Å². The zero-order valence-electron chi connectivity index (χ0n) is 13.5. The van der Waals surface area contributed by atoms with E-state index in [0.717, 1.165) is 31.4 Å². The van der Waals surface area contributed by atoms with Gasteiger partial charge in [0.05, 0.1) is 29.4 Å². The van der Waals surface area contributed by atoms with Crippen LogP contribution in [0.4, 0.5) is 0 Å². The summed E-state index contributed by atoms with van der Waals surface area (Å²) in [5.41, 5.74) is 0.105. The lowest BCUT2D eigenvalue weighted by molar-refractivity contribution is -0.141. The summed E-state index contributed by atoms with van der Waals surface area (Å²) in [5.74, 6) is -0.0360. The number of aromatic nitrogens is 3. The smallest absolute Gasteiger partial charge is 0.231 e. The maximum atomic E-state index is 13.2. The van der Waals surface area contributed by atoms with Gasteiger partial charge in [-0.15, -0.1) is 5.10 Å². The van der Waals surface area contributed by atoms with Gasteiger partial charge in [-0.3, -0.25) is 4.79 Å². The first-order chi connectivity index (χ1) is 11.5. The molecule has 0 aromatic carbocycles. The number of hydrogen-bond donors (Lipinski definition) is 0. The van der Waals surface area contributed by atoms with Crippen LogP contribution in [-0.4, -0.2) is 63.9 Å². The van der Waals surface area contributed by atoms with Gasteiger partial charge in [0.2, 0.25) is 15.9 Å². The monoisotopic (exact) mass is 351 g/mol. The highest BCUT2D eigenvalue weighted by molar-refractivity contribution is 7.89. The second kappa shape index (κ2) is 4.78. The lowest BCUT2D eigenvalue weighted by Crippen LogP contribution is -2.46. The number of likely N-dealkylation sites (tertiary alicyclic amines) is 1. The number of carbonyl (C=O) groups excluding carboxylic acids is 1. The Morgan fingerprint density at radius 2 is 2.08 bits per heavy atom. The predicted molar refractivity (Wildman–Crippen MR) is 84.4 cm³/mol. The molecule has 1 aromatic heterocycles. The van der Waals surface area contributed by atoms with Crippen molar-refractivity contribution in [1.82, 2.24) is 24.2 Å². The zero-order valence-corrected chi connectivity index (χ0v) is 14.3. The molecule has 24 heavy (non-hydrogen) atoms. The third-order valence-corrected chi connectivity index (χ3v) is 7.94. The van der Waals surface area contributed by atoms with Gasteiger partial charge in [0.15, 0.2) is 0 Å². The molecule has 1 saturated carbocycles. The van der Waals surface area contributed by atoms with Gasteiger partial charge >= 0.3 is 0 Å². The van der Waals surface area contributed by atoms with Gasteiger partial charge in [-0.2, -0.15) is 0 Å². The molecule has 2 bridgehead atoms. The van der Waals surface area contributed by atoms with E-state index < -0.39 is 15.4 Å². The average molecular weight is 351 g/mol. The third-order valence-electron chi connectivity index (χ3n) is 5.93. The van der Waals surface area contributed by atoms with Crippen molar-refractivity contribution in [3.8, 4) is 0 Å². The van der Waals surface area contributed by atoms with E-state index in [0.29, 0.717) is 32.1 Å². The highest BCUT2D eigenvalue weighted by Crippen LogP contribution is 2.45. The number of nitrogens with zero attached hydrogens (tertiary/aromatic N) is 5. The van der Waals surface area contributed by atoms with E-state index in [4.69, 9.17) is 0 Å². The summed E-state index contributed by atoms with van der Waals surface area (Å²) < 4.78 is 27.6. The van der Waals surface area contributed by atoms with Crippen LogP contribution in [0.3, 0.4) is 0 Å². The van der Waals surface area contributed by atoms with Crippen molar-refractivity contribution in [2.45, 2.75) is 44.2 Å². The Kier molecular flexibility index (Phi) is 2.96. The molecule has 5 rings (SSSR count). The molecule has 3 atom stereocenters. The molecule has 3 unspecified atom stereocenters. The summed E-state index contributed by atoms with van der Waals surface area (Å²) in [6.07, 6.45) is 6.71. The van der Waals surface area contributed by atoms with E-state index in [1.807, 2.05) is 15.8 Å². The molecule has 0 N–H and O–H groups in total. The van der Waals surface area contributed by atoms with Crippen LogP contribution in [-0.2, 0) is 14.8 Å². The lowest BCUT2D eigenvalue weighted by Gasteiger charge is -2.32. The molecule has 8 nitrogen and oxygen atoms in total. The number of sulfonamides is 1. The van der Waals surface area contributed by atoms with Crippen molar-refractivity contribution < 1.29 is 13.2 Å². The summed E-state index contributed by atoms with van der Waals surface area (Å²) in [7, 11) is -3.25. The minimum absolute atomic E-state index is 0.00505. The molecule has 4 heterocycles. The number of amides is 1.